The standard InChI is InChI=1S/C20H18ClN3O3/c1-13-11-17(7-8-18(13)21)27-12-24-10-9-19(23-24)20(26)22-16-5-3-15(4-6-16)14(2)25/h3-11H,12H2,1-2H3,(H,22,26). The van der Waals surface area contributed by atoms with Crippen molar-refractivity contribution < 1.29 is 14.3 Å². The van der Waals surface area contributed by atoms with Crippen molar-refractivity contribution in [1.82, 2.24) is 9.78 Å². The highest BCUT2D eigenvalue weighted by atomic mass is 35.5. The number of benzene rings is 2. The minimum absolute atomic E-state index is 0.0255. The quantitative estimate of drug-likeness (QED) is 0.643. The van der Waals surface area contributed by atoms with Gasteiger partial charge in [-0.25, -0.2) is 4.68 Å². The molecule has 0 radical (unpaired) electrons. The smallest absolute Gasteiger partial charge is 0.276 e. The molecule has 2 aromatic carbocycles. The van der Waals surface area contributed by atoms with Crippen LogP contribution in [0.3, 0.4) is 0 Å². The fourth-order valence-electron chi connectivity index (χ4n) is 2.39. The molecule has 1 aromatic heterocycles. The summed E-state index contributed by atoms with van der Waals surface area (Å²) in [5.41, 5.74) is 2.37. The molecule has 0 aliphatic carbocycles. The molecule has 3 rings (SSSR count). The molecule has 1 heterocycles. The Morgan fingerprint density at radius 2 is 1.89 bits per heavy atom. The maximum atomic E-state index is 12.3. The Morgan fingerprint density at radius 1 is 1.15 bits per heavy atom. The van der Waals surface area contributed by atoms with E-state index in [9.17, 15) is 9.59 Å². The molecule has 0 atom stereocenters. The molecule has 3 aromatic rings. The molecule has 27 heavy (non-hydrogen) atoms. The van der Waals surface area contributed by atoms with Crippen molar-refractivity contribution in [1.29, 1.82) is 0 Å². The van der Waals surface area contributed by atoms with Crippen molar-refractivity contribution in [2.75, 3.05) is 5.32 Å². The van der Waals surface area contributed by atoms with Gasteiger partial charge in [0, 0.05) is 22.5 Å². The van der Waals surface area contributed by atoms with Crippen molar-refractivity contribution in [3.63, 3.8) is 0 Å². The number of nitrogens with zero attached hydrogens (tertiary/aromatic N) is 2. The minimum Gasteiger partial charge on any atom is -0.471 e. The van der Waals surface area contributed by atoms with E-state index in [1.165, 1.54) is 11.6 Å². The summed E-state index contributed by atoms with van der Waals surface area (Å²) in [6.45, 7) is 3.56. The van der Waals surface area contributed by atoms with Crippen LogP contribution in [0, 0.1) is 6.92 Å². The molecule has 138 valence electrons. The number of ketones is 1. The van der Waals surface area contributed by atoms with Gasteiger partial charge < -0.3 is 10.1 Å². The van der Waals surface area contributed by atoms with E-state index in [4.69, 9.17) is 16.3 Å². The van der Waals surface area contributed by atoms with E-state index in [-0.39, 0.29) is 24.1 Å². The lowest BCUT2D eigenvalue weighted by atomic mass is 10.1. The molecular formula is C20H18ClN3O3. The molecule has 1 N–H and O–H groups in total. The van der Waals surface area contributed by atoms with Crippen LogP contribution >= 0.6 is 11.6 Å². The Balaban J connectivity index is 1.59. The van der Waals surface area contributed by atoms with Gasteiger partial charge in [0.1, 0.15) is 5.75 Å². The van der Waals surface area contributed by atoms with Crippen LogP contribution in [0.4, 0.5) is 5.69 Å². The van der Waals surface area contributed by atoms with Crippen LogP contribution in [0.15, 0.2) is 54.7 Å². The van der Waals surface area contributed by atoms with Gasteiger partial charge in [-0.1, -0.05) is 11.6 Å². The van der Waals surface area contributed by atoms with Crippen LogP contribution in [0.25, 0.3) is 0 Å². The number of hydrogen-bond acceptors (Lipinski definition) is 4. The van der Waals surface area contributed by atoms with Crippen LogP contribution in [0.1, 0.15) is 33.3 Å². The van der Waals surface area contributed by atoms with Crippen molar-refractivity contribution >= 4 is 29.0 Å². The molecular weight excluding hydrogens is 366 g/mol. The second-order valence-electron chi connectivity index (χ2n) is 6.01. The SMILES string of the molecule is CC(=O)c1ccc(NC(=O)c2ccn(COc3ccc(Cl)c(C)c3)n2)cc1. The lowest BCUT2D eigenvalue weighted by molar-refractivity contribution is 0.101. The number of anilines is 1. The van der Waals surface area contributed by atoms with Crippen LogP contribution < -0.4 is 10.1 Å². The van der Waals surface area contributed by atoms with E-state index >= 15 is 0 Å². The molecule has 0 spiro atoms. The Labute approximate surface area is 161 Å². The van der Waals surface area contributed by atoms with Gasteiger partial charge in [-0.15, -0.1) is 0 Å². The number of Topliss-reactive ketones (excluding diaryl/α,β-unsaturated/α-hetero) is 1. The highest BCUT2D eigenvalue weighted by Crippen LogP contribution is 2.21. The zero-order chi connectivity index (χ0) is 19.4. The Hall–Kier alpha value is -3.12. The number of aryl methyl sites for hydroxylation is 1. The predicted octanol–water partition coefficient (Wildman–Crippen LogP) is 4.34. The predicted molar refractivity (Wildman–Crippen MR) is 103 cm³/mol. The molecule has 0 aliphatic rings. The summed E-state index contributed by atoms with van der Waals surface area (Å²) < 4.78 is 7.18. The molecule has 0 fully saturated rings. The maximum Gasteiger partial charge on any atom is 0.276 e. The highest BCUT2D eigenvalue weighted by Gasteiger charge is 2.10. The van der Waals surface area contributed by atoms with Crippen molar-refractivity contribution in [2.24, 2.45) is 0 Å². The summed E-state index contributed by atoms with van der Waals surface area (Å²) in [7, 11) is 0. The summed E-state index contributed by atoms with van der Waals surface area (Å²) in [5, 5.41) is 7.63. The van der Waals surface area contributed by atoms with E-state index in [0.29, 0.717) is 22.0 Å². The topological polar surface area (TPSA) is 73.2 Å². The lowest BCUT2D eigenvalue weighted by Crippen LogP contribution is -2.14. The second-order valence-corrected chi connectivity index (χ2v) is 6.42. The van der Waals surface area contributed by atoms with Crippen molar-refractivity contribution in [3.05, 3.63) is 76.6 Å². The zero-order valence-electron chi connectivity index (χ0n) is 14.9. The van der Waals surface area contributed by atoms with Crippen LogP contribution in [0.5, 0.6) is 5.75 Å². The third-order valence-electron chi connectivity index (χ3n) is 3.92. The zero-order valence-corrected chi connectivity index (χ0v) is 15.7. The summed E-state index contributed by atoms with van der Waals surface area (Å²) in [6, 6.07) is 13.7. The van der Waals surface area contributed by atoms with Gasteiger partial charge in [-0.3, -0.25) is 9.59 Å². The van der Waals surface area contributed by atoms with Crippen LogP contribution in [-0.4, -0.2) is 21.5 Å². The van der Waals surface area contributed by atoms with Crippen LogP contribution in [-0.2, 0) is 6.73 Å². The van der Waals surface area contributed by atoms with Crippen LogP contribution in [0.2, 0.25) is 5.02 Å². The molecule has 0 saturated heterocycles. The third-order valence-corrected chi connectivity index (χ3v) is 4.34. The van der Waals surface area contributed by atoms with Gasteiger partial charge in [0.25, 0.3) is 5.91 Å². The number of nitrogens with one attached hydrogen (secondary N) is 1. The Bertz CT molecular complexity index is 980. The van der Waals surface area contributed by atoms with E-state index < -0.39 is 0 Å². The molecule has 0 aliphatic heterocycles. The fourth-order valence-corrected chi connectivity index (χ4v) is 2.50. The van der Waals surface area contributed by atoms with Gasteiger partial charge in [0.15, 0.2) is 18.2 Å². The number of hydrogen-bond donors (Lipinski definition) is 1. The molecule has 0 saturated carbocycles. The number of halogens is 1. The summed E-state index contributed by atoms with van der Waals surface area (Å²) >= 11 is 5.99. The largest absolute Gasteiger partial charge is 0.471 e. The van der Waals surface area contributed by atoms with Gasteiger partial charge in [0.05, 0.1) is 0 Å². The number of ether oxygens (including phenoxy) is 1. The first kappa shape index (κ1) is 18.7. The number of carbonyl (C=O) groups is 2. The van der Waals surface area contributed by atoms with E-state index in [2.05, 4.69) is 10.4 Å². The van der Waals surface area contributed by atoms with Crippen molar-refractivity contribution in [2.45, 2.75) is 20.6 Å². The minimum atomic E-state index is -0.341. The van der Waals surface area contributed by atoms with Gasteiger partial charge in [0.2, 0.25) is 0 Å². The van der Waals surface area contributed by atoms with E-state index in [1.807, 2.05) is 13.0 Å². The number of rotatable bonds is 6. The van der Waals surface area contributed by atoms with Gasteiger partial charge in [-0.2, -0.15) is 5.10 Å². The average Bonchev–Trinajstić information content (AvgIpc) is 3.12. The summed E-state index contributed by atoms with van der Waals surface area (Å²) in [4.78, 5) is 23.6. The third kappa shape index (κ3) is 4.74. The molecule has 0 unspecified atom stereocenters. The normalized spacial score (nSPS) is 10.5. The first-order valence-corrected chi connectivity index (χ1v) is 8.65. The Kier molecular flexibility index (Phi) is 5.57. The first-order chi connectivity index (χ1) is 12.9. The van der Waals surface area contributed by atoms with E-state index in [1.54, 1.807) is 48.7 Å². The fraction of sp³-hybridized carbons (Fsp3) is 0.150. The van der Waals surface area contributed by atoms with E-state index in [0.717, 1.165) is 5.56 Å². The molecule has 1 amide bonds. The lowest BCUT2D eigenvalue weighted by Gasteiger charge is -2.08. The number of carbonyl (C=O) groups excluding carboxylic acids is 2. The van der Waals surface area contributed by atoms with Gasteiger partial charge >= 0.3 is 0 Å². The number of amides is 1. The molecule has 7 heteroatoms. The molecule has 6 nitrogen and oxygen atoms in total. The van der Waals surface area contributed by atoms with Crippen molar-refractivity contribution in [3.8, 4) is 5.75 Å². The number of aromatic nitrogens is 2. The van der Waals surface area contributed by atoms with Gasteiger partial charge in [-0.05, 0) is 67.9 Å². The second kappa shape index (κ2) is 8.05. The monoisotopic (exact) mass is 383 g/mol. The Morgan fingerprint density at radius 3 is 2.56 bits per heavy atom. The summed E-state index contributed by atoms with van der Waals surface area (Å²) in [6.07, 6.45) is 1.66. The molecule has 0 bridgehead atoms. The average molecular weight is 384 g/mol. The highest BCUT2D eigenvalue weighted by molar-refractivity contribution is 6.31. The summed E-state index contributed by atoms with van der Waals surface area (Å²) in [5.74, 6) is 0.304. The maximum absolute atomic E-state index is 12.3. The first-order valence-electron chi connectivity index (χ1n) is 8.27.